The normalized spacial score (nSPS) is 21.0. The minimum absolute atomic E-state index is 0.0399. The molecule has 0 bridgehead atoms. The molecule has 1 aromatic carbocycles. The number of hydrogen-bond acceptors (Lipinski definition) is 5. The van der Waals surface area contributed by atoms with Crippen molar-refractivity contribution in [3.63, 3.8) is 0 Å². The van der Waals surface area contributed by atoms with Crippen LogP contribution in [-0.2, 0) is 4.74 Å². The highest BCUT2D eigenvalue weighted by Crippen LogP contribution is 2.25. The number of aromatic nitrogens is 2. The fraction of sp³-hybridized carbons (Fsp3) is 0.375. The summed E-state index contributed by atoms with van der Waals surface area (Å²) in [4.78, 5) is 12.4. The van der Waals surface area contributed by atoms with E-state index in [0.717, 1.165) is 13.0 Å². The monoisotopic (exact) mass is 337 g/mol. The first-order chi connectivity index (χ1) is 11.6. The Hall–Kier alpha value is -2.48. The molecule has 1 fully saturated rings. The molecular formula is C16H17F2N3O3. The first kappa shape index (κ1) is 16.4. The minimum Gasteiger partial charge on any atom is -0.456 e. The van der Waals surface area contributed by atoms with Gasteiger partial charge >= 0.3 is 12.6 Å². The lowest BCUT2D eigenvalue weighted by Gasteiger charge is -2.29. The summed E-state index contributed by atoms with van der Waals surface area (Å²) in [5.41, 5.74) is 0.573. The van der Waals surface area contributed by atoms with Crippen molar-refractivity contribution in [2.45, 2.75) is 19.1 Å². The van der Waals surface area contributed by atoms with Gasteiger partial charge in [0.1, 0.15) is 11.9 Å². The van der Waals surface area contributed by atoms with Crippen molar-refractivity contribution >= 4 is 16.9 Å². The van der Waals surface area contributed by atoms with E-state index in [2.05, 4.69) is 26.8 Å². The number of piperidine rings is 1. The maximum absolute atomic E-state index is 12.4. The Kier molecular flexibility index (Phi) is 4.75. The van der Waals surface area contributed by atoms with E-state index >= 15 is 0 Å². The Morgan fingerprint density at radius 2 is 2.29 bits per heavy atom. The number of nitrogens with zero attached hydrogens (tertiary/aromatic N) is 1. The van der Waals surface area contributed by atoms with E-state index in [4.69, 9.17) is 4.74 Å². The summed E-state index contributed by atoms with van der Waals surface area (Å²) >= 11 is 0. The molecule has 0 unspecified atom stereocenters. The molecule has 2 aromatic rings. The van der Waals surface area contributed by atoms with Gasteiger partial charge < -0.3 is 14.8 Å². The number of nitrogens with one attached hydrogen (secondary N) is 2. The average Bonchev–Trinajstić information content (AvgIpc) is 2.98. The molecule has 1 aliphatic rings. The van der Waals surface area contributed by atoms with Crippen LogP contribution in [0.4, 0.5) is 8.78 Å². The summed E-state index contributed by atoms with van der Waals surface area (Å²) in [5, 5.41) is 10.2. The minimum atomic E-state index is -2.94. The highest BCUT2D eigenvalue weighted by atomic mass is 19.3. The number of H-pyrrole nitrogens is 1. The first-order valence-corrected chi connectivity index (χ1v) is 7.55. The van der Waals surface area contributed by atoms with Crippen LogP contribution in [0.15, 0.2) is 30.9 Å². The van der Waals surface area contributed by atoms with Crippen LogP contribution in [0.3, 0.4) is 0 Å². The molecule has 1 aromatic heterocycles. The third-order valence-corrected chi connectivity index (χ3v) is 3.99. The predicted octanol–water partition coefficient (Wildman–Crippen LogP) is 2.49. The van der Waals surface area contributed by atoms with Crippen LogP contribution < -0.4 is 10.1 Å². The average molecular weight is 337 g/mol. The zero-order chi connectivity index (χ0) is 17.1. The van der Waals surface area contributed by atoms with Gasteiger partial charge in [0, 0.05) is 17.8 Å². The number of hydrogen-bond donors (Lipinski definition) is 2. The quantitative estimate of drug-likeness (QED) is 0.647. The van der Waals surface area contributed by atoms with Gasteiger partial charge in [-0.05, 0) is 31.2 Å². The van der Waals surface area contributed by atoms with Crippen LogP contribution in [0.2, 0.25) is 0 Å². The van der Waals surface area contributed by atoms with Gasteiger partial charge in [0.05, 0.1) is 5.52 Å². The predicted molar refractivity (Wildman–Crippen MR) is 83.1 cm³/mol. The number of carbonyl (C=O) groups is 1. The second-order valence-corrected chi connectivity index (χ2v) is 5.49. The molecule has 3 rings (SSSR count). The third kappa shape index (κ3) is 3.38. The molecule has 8 heteroatoms. The summed E-state index contributed by atoms with van der Waals surface area (Å²) in [6, 6.07) is 4.23. The summed E-state index contributed by atoms with van der Waals surface area (Å²) < 4.78 is 34.6. The molecule has 2 heterocycles. The number of halogens is 2. The lowest BCUT2D eigenvalue weighted by atomic mass is 9.95. The highest BCUT2D eigenvalue weighted by Gasteiger charge is 2.28. The Labute approximate surface area is 136 Å². The number of esters is 1. The second-order valence-electron chi connectivity index (χ2n) is 5.49. The van der Waals surface area contributed by atoms with Gasteiger partial charge in [-0.25, -0.2) is 4.79 Å². The van der Waals surface area contributed by atoms with Crippen molar-refractivity contribution in [1.29, 1.82) is 0 Å². The molecule has 0 amide bonds. The van der Waals surface area contributed by atoms with Crippen LogP contribution in [-0.4, -0.2) is 42.0 Å². The third-order valence-electron chi connectivity index (χ3n) is 3.99. The number of ether oxygens (including phenoxy) is 2. The standard InChI is InChI=1S/C16H17F2N3O3/c1-2-9-5-6-19-8-13(9)24-15(22)14-11-7-10(23-16(17)18)3-4-12(11)20-21-14/h2-4,7,9,13,16,19H,1,5-6,8H2,(H,20,21)/t9-,13-/m1/s1. The molecule has 1 saturated heterocycles. The summed E-state index contributed by atoms with van der Waals surface area (Å²) in [7, 11) is 0. The smallest absolute Gasteiger partial charge is 0.387 e. The zero-order valence-corrected chi connectivity index (χ0v) is 12.8. The molecule has 0 radical (unpaired) electrons. The van der Waals surface area contributed by atoms with E-state index in [0.29, 0.717) is 17.4 Å². The Morgan fingerprint density at radius 1 is 1.46 bits per heavy atom. The van der Waals surface area contributed by atoms with Crippen LogP contribution in [0.1, 0.15) is 16.9 Å². The molecule has 24 heavy (non-hydrogen) atoms. The number of aromatic amines is 1. The number of fused-ring (bicyclic) bond motifs is 1. The Bertz CT molecular complexity index is 747. The van der Waals surface area contributed by atoms with Crippen LogP contribution in [0.25, 0.3) is 10.9 Å². The summed E-state index contributed by atoms with van der Waals surface area (Å²) in [5.74, 6) is -0.592. The van der Waals surface area contributed by atoms with E-state index in [1.54, 1.807) is 6.08 Å². The molecular weight excluding hydrogens is 320 g/mol. The maximum Gasteiger partial charge on any atom is 0.387 e. The number of alkyl halides is 2. The van der Waals surface area contributed by atoms with Crippen molar-refractivity contribution in [3.8, 4) is 5.75 Å². The largest absolute Gasteiger partial charge is 0.456 e. The molecule has 0 spiro atoms. The van der Waals surface area contributed by atoms with E-state index in [-0.39, 0.29) is 23.5 Å². The van der Waals surface area contributed by atoms with Gasteiger partial charge in [-0.2, -0.15) is 13.9 Å². The Morgan fingerprint density at radius 3 is 3.04 bits per heavy atom. The van der Waals surface area contributed by atoms with Gasteiger partial charge in [0.2, 0.25) is 0 Å². The summed E-state index contributed by atoms with van der Waals surface area (Å²) in [6.45, 7) is 2.20. The van der Waals surface area contributed by atoms with Crippen molar-refractivity contribution in [1.82, 2.24) is 15.5 Å². The molecule has 128 valence electrons. The van der Waals surface area contributed by atoms with Gasteiger partial charge in [-0.3, -0.25) is 5.10 Å². The molecule has 1 aliphatic heterocycles. The molecule has 0 aliphatic carbocycles. The van der Waals surface area contributed by atoms with Crippen molar-refractivity contribution in [3.05, 3.63) is 36.5 Å². The number of carbonyl (C=O) groups excluding carboxylic acids is 1. The summed E-state index contributed by atoms with van der Waals surface area (Å²) in [6.07, 6.45) is 2.27. The molecule has 2 N–H and O–H groups in total. The highest BCUT2D eigenvalue weighted by molar-refractivity contribution is 6.02. The van der Waals surface area contributed by atoms with E-state index in [9.17, 15) is 13.6 Å². The van der Waals surface area contributed by atoms with Gasteiger partial charge in [0.25, 0.3) is 0 Å². The van der Waals surface area contributed by atoms with Crippen molar-refractivity contribution in [2.24, 2.45) is 5.92 Å². The van der Waals surface area contributed by atoms with Crippen molar-refractivity contribution in [2.75, 3.05) is 13.1 Å². The van der Waals surface area contributed by atoms with Gasteiger partial charge in [0.15, 0.2) is 5.69 Å². The van der Waals surface area contributed by atoms with Gasteiger partial charge in [-0.15, -0.1) is 6.58 Å². The van der Waals surface area contributed by atoms with E-state index in [1.807, 2.05) is 0 Å². The number of benzene rings is 1. The second kappa shape index (κ2) is 6.96. The SMILES string of the molecule is C=C[C@@H]1CCNC[C@H]1OC(=O)c1n[nH]c2ccc(OC(F)F)cc12. The zero-order valence-electron chi connectivity index (χ0n) is 12.8. The molecule has 0 saturated carbocycles. The first-order valence-electron chi connectivity index (χ1n) is 7.55. The fourth-order valence-electron chi connectivity index (χ4n) is 2.77. The number of rotatable bonds is 5. The van der Waals surface area contributed by atoms with Crippen molar-refractivity contribution < 1.29 is 23.0 Å². The fourth-order valence-corrected chi connectivity index (χ4v) is 2.77. The van der Waals surface area contributed by atoms with Crippen LogP contribution in [0, 0.1) is 5.92 Å². The molecule has 2 atom stereocenters. The lowest BCUT2D eigenvalue weighted by molar-refractivity contribution is -0.0497. The van der Waals surface area contributed by atoms with Crippen LogP contribution in [0.5, 0.6) is 5.75 Å². The topological polar surface area (TPSA) is 76.2 Å². The van der Waals surface area contributed by atoms with Crippen LogP contribution >= 0.6 is 0 Å². The van der Waals surface area contributed by atoms with E-state index < -0.39 is 12.6 Å². The Balaban J connectivity index is 1.82. The lowest BCUT2D eigenvalue weighted by Crippen LogP contribution is -2.42. The van der Waals surface area contributed by atoms with Gasteiger partial charge in [-0.1, -0.05) is 6.08 Å². The maximum atomic E-state index is 12.4. The molecule has 6 nitrogen and oxygen atoms in total. The van der Waals surface area contributed by atoms with E-state index in [1.165, 1.54) is 18.2 Å².